The zero-order valence-corrected chi connectivity index (χ0v) is 14.6. The predicted octanol–water partition coefficient (Wildman–Crippen LogP) is 3.25. The van der Waals surface area contributed by atoms with Crippen molar-refractivity contribution >= 4 is 16.8 Å². The molecular formula is C20H25N3O2. The van der Waals surface area contributed by atoms with Crippen LogP contribution in [-0.4, -0.2) is 28.5 Å². The molecule has 132 valence electrons. The van der Waals surface area contributed by atoms with Gasteiger partial charge in [0.1, 0.15) is 0 Å². The molecule has 1 aliphatic heterocycles. The van der Waals surface area contributed by atoms with Gasteiger partial charge in [-0.15, -0.1) is 0 Å². The number of aromatic nitrogens is 1. The molecule has 2 aromatic rings. The Morgan fingerprint density at radius 3 is 2.84 bits per heavy atom. The van der Waals surface area contributed by atoms with E-state index in [9.17, 15) is 9.59 Å². The summed E-state index contributed by atoms with van der Waals surface area (Å²) in [5.74, 6) is 1.25. The van der Waals surface area contributed by atoms with E-state index < -0.39 is 0 Å². The van der Waals surface area contributed by atoms with Crippen LogP contribution in [0, 0.1) is 11.8 Å². The van der Waals surface area contributed by atoms with Crippen LogP contribution in [0.4, 0.5) is 4.79 Å². The number of aromatic amines is 1. The normalized spacial score (nSPS) is 25.8. The van der Waals surface area contributed by atoms with E-state index in [4.69, 9.17) is 0 Å². The number of amides is 2. The number of hydrogen-bond donors (Lipinski definition) is 2. The zero-order valence-electron chi connectivity index (χ0n) is 14.6. The quantitative estimate of drug-likeness (QED) is 0.882. The molecule has 1 aromatic carbocycles. The van der Waals surface area contributed by atoms with E-state index in [1.54, 1.807) is 6.20 Å². The number of H-pyrrole nitrogens is 1. The Bertz CT molecular complexity index is 844. The number of hydrogen-bond acceptors (Lipinski definition) is 2. The molecule has 1 saturated heterocycles. The summed E-state index contributed by atoms with van der Waals surface area (Å²) in [4.78, 5) is 29.5. The predicted molar refractivity (Wildman–Crippen MR) is 98.4 cm³/mol. The SMILES string of the molecule is CC1CN(C(=O)NCc2c[nH]c(=O)c3ccccc23)C2CCCCC12. The van der Waals surface area contributed by atoms with Crippen LogP contribution < -0.4 is 10.9 Å². The van der Waals surface area contributed by atoms with E-state index in [0.29, 0.717) is 29.8 Å². The zero-order chi connectivity index (χ0) is 17.4. The van der Waals surface area contributed by atoms with Gasteiger partial charge in [-0.25, -0.2) is 4.79 Å². The highest BCUT2D eigenvalue weighted by Gasteiger charge is 2.42. The molecule has 5 nitrogen and oxygen atoms in total. The number of carbonyl (C=O) groups excluding carboxylic acids is 1. The number of nitrogens with zero attached hydrogens (tertiary/aromatic N) is 1. The van der Waals surface area contributed by atoms with E-state index in [1.165, 1.54) is 19.3 Å². The average molecular weight is 339 g/mol. The molecule has 2 aliphatic rings. The lowest BCUT2D eigenvalue weighted by atomic mass is 9.80. The van der Waals surface area contributed by atoms with Crippen LogP contribution in [0.25, 0.3) is 10.8 Å². The van der Waals surface area contributed by atoms with Gasteiger partial charge in [0.2, 0.25) is 0 Å². The highest BCUT2D eigenvalue weighted by Crippen LogP contribution is 2.39. The summed E-state index contributed by atoms with van der Waals surface area (Å²) >= 11 is 0. The summed E-state index contributed by atoms with van der Waals surface area (Å²) in [6, 6.07) is 7.94. The monoisotopic (exact) mass is 339 g/mol. The molecule has 1 aromatic heterocycles. The van der Waals surface area contributed by atoms with Gasteiger partial charge in [0.05, 0.1) is 0 Å². The van der Waals surface area contributed by atoms with Crippen molar-refractivity contribution in [2.75, 3.05) is 6.54 Å². The van der Waals surface area contributed by atoms with Gasteiger partial charge in [0.25, 0.3) is 5.56 Å². The highest BCUT2D eigenvalue weighted by atomic mass is 16.2. The summed E-state index contributed by atoms with van der Waals surface area (Å²) in [6.45, 7) is 3.55. The summed E-state index contributed by atoms with van der Waals surface area (Å²) in [5.41, 5.74) is 0.847. The van der Waals surface area contributed by atoms with Crippen LogP contribution in [0.5, 0.6) is 0 Å². The Morgan fingerprint density at radius 1 is 1.24 bits per heavy atom. The molecule has 0 spiro atoms. The molecule has 5 heteroatoms. The Balaban J connectivity index is 1.49. The van der Waals surface area contributed by atoms with Gasteiger partial charge in [-0.3, -0.25) is 4.79 Å². The molecule has 3 atom stereocenters. The van der Waals surface area contributed by atoms with Crippen LogP contribution in [-0.2, 0) is 6.54 Å². The standard InChI is InChI=1S/C20H25N3O2/c1-13-12-23(18-9-5-4-6-15(13)18)20(25)22-11-14-10-21-19(24)17-8-3-2-7-16(14)17/h2-3,7-8,10,13,15,18H,4-6,9,11-12H2,1H3,(H,21,24)(H,22,25). The molecule has 4 rings (SSSR count). The maximum absolute atomic E-state index is 12.8. The van der Waals surface area contributed by atoms with Crippen molar-refractivity contribution in [3.05, 3.63) is 46.4 Å². The van der Waals surface area contributed by atoms with E-state index in [1.807, 2.05) is 29.2 Å². The summed E-state index contributed by atoms with van der Waals surface area (Å²) < 4.78 is 0. The van der Waals surface area contributed by atoms with Gasteiger partial charge < -0.3 is 15.2 Å². The van der Waals surface area contributed by atoms with Crippen molar-refractivity contribution in [2.24, 2.45) is 11.8 Å². The van der Waals surface area contributed by atoms with Crippen molar-refractivity contribution in [3.8, 4) is 0 Å². The molecular weight excluding hydrogens is 314 g/mol. The molecule has 0 radical (unpaired) electrons. The van der Waals surface area contributed by atoms with Gasteiger partial charge >= 0.3 is 6.03 Å². The van der Waals surface area contributed by atoms with Gasteiger partial charge in [-0.1, -0.05) is 38.0 Å². The minimum Gasteiger partial charge on any atom is -0.334 e. The molecule has 2 amide bonds. The van der Waals surface area contributed by atoms with Crippen molar-refractivity contribution in [2.45, 2.75) is 45.2 Å². The van der Waals surface area contributed by atoms with Gasteiger partial charge in [-0.2, -0.15) is 0 Å². The molecule has 1 aliphatic carbocycles. The first kappa shape index (κ1) is 16.2. The maximum atomic E-state index is 12.8. The highest BCUT2D eigenvalue weighted by molar-refractivity contribution is 5.85. The second-order valence-electron chi connectivity index (χ2n) is 7.49. The van der Waals surface area contributed by atoms with Gasteiger partial charge in [0.15, 0.2) is 0 Å². The first-order valence-corrected chi connectivity index (χ1v) is 9.29. The smallest absolute Gasteiger partial charge is 0.317 e. The third-order valence-corrected chi connectivity index (χ3v) is 5.98. The molecule has 1 saturated carbocycles. The molecule has 2 fully saturated rings. The van der Waals surface area contributed by atoms with Crippen LogP contribution in [0.2, 0.25) is 0 Å². The lowest BCUT2D eigenvalue weighted by molar-refractivity contribution is 0.168. The Labute approximate surface area is 147 Å². The number of nitrogens with one attached hydrogen (secondary N) is 2. The lowest BCUT2D eigenvalue weighted by Gasteiger charge is -2.32. The van der Waals surface area contributed by atoms with Crippen LogP contribution >= 0.6 is 0 Å². The summed E-state index contributed by atoms with van der Waals surface area (Å²) in [6.07, 6.45) is 6.61. The fourth-order valence-electron chi connectivity index (χ4n) is 4.69. The molecule has 2 N–H and O–H groups in total. The van der Waals surface area contributed by atoms with Crippen molar-refractivity contribution in [1.82, 2.24) is 15.2 Å². The van der Waals surface area contributed by atoms with Crippen molar-refractivity contribution < 1.29 is 4.79 Å². The summed E-state index contributed by atoms with van der Waals surface area (Å²) in [5, 5.41) is 4.63. The number of carbonyl (C=O) groups is 1. The Kier molecular flexibility index (Phi) is 4.24. The fourth-order valence-corrected chi connectivity index (χ4v) is 4.69. The number of rotatable bonds is 2. The van der Waals surface area contributed by atoms with Crippen LogP contribution in [0.3, 0.4) is 0 Å². The van der Waals surface area contributed by atoms with Crippen LogP contribution in [0.1, 0.15) is 38.2 Å². The lowest BCUT2D eigenvalue weighted by Crippen LogP contribution is -2.44. The van der Waals surface area contributed by atoms with Crippen molar-refractivity contribution in [1.29, 1.82) is 0 Å². The number of fused-ring (bicyclic) bond motifs is 2. The topological polar surface area (TPSA) is 65.2 Å². The Hall–Kier alpha value is -2.30. The largest absolute Gasteiger partial charge is 0.334 e. The van der Waals surface area contributed by atoms with E-state index in [2.05, 4.69) is 17.2 Å². The minimum absolute atomic E-state index is 0.0246. The number of pyridine rings is 1. The molecule has 0 bridgehead atoms. The second kappa shape index (κ2) is 6.54. The number of urea groups is 1. The number of likely N-dealkylation sites (tertiary alicyclic amines) is 1. The maximum Gasteiger partial charge on any atom is 0.317 e. The second-order valence-corrected chi connectivity index (χ2v) is 7.49. The first-order valence-electron chi connectivity index (χ1n) is 9.29. The van der Waals surface area contributed by atoms with E-state index >= 15 is 0 Å². The third-order valence-electron chi connectivity index (χ3n) is 5.98. The average Bonchev–Trinajstić information content (AvgIpc) is 2.98. The Morgan fingerprint density at radius 2 is 2.00 bits per heavy atom. The molecule has 3 unspecified atom stereocenters. The van der Waals surface area contributed by atoms with Crippen LogP contribution in [0.15, 0.2) is 35.3 Å². The fraction of sp³-hybridized carbons (Fsp3) is 0.500. The first-order chi connectivity index (χ1) is 12.1. The molecule has 2 heterocycles. The van der Waals surface area contributed by atoms with E-state index in [-0.39, 0.29) is 11.6 Å². The van der Waals surface area contributed by atoms with E-state index in [0.717, 1.165) is 23.9 Å². The molecule has 25 heavy (non-hydrogen) atoms. The van der Waals surface area contributed by atoms with Crippen molar-refractivity contribution in [3.63, 3.8) is 0 Å². The minimum atomic E-state index is -0.0934. The van der Waals surface area contributed by atoms with Gasteiger partial charge in [0, 0.05) is 30.7 Å². The summed E-state index contributed by atoms with van der Waals surface area (Å²) in [7, 11) is 0. The third kappa shape index (κ3) is 2.92. The number of benzene rings is 1. The van der Waals surface area contributed by atoms with Gasteiger partial charge in [-0.05, 0) is 41.7 Å².